The van der Waals surface area contributed by atoms with Crippen LogP contribution in [0.1, 0.15) is 61.9 Å². The first-order valence-corrected chi connectivity index (χ1v) is 9.08. The van der Waals surface area contributed by atoms with Crippen LogP contribution >= 0.6 is 11.3 Å². The zero-order valence-electron chi connectivity index (χ0n) is 13.3. The van der Waals surface area contributed by atoms with Crippen molar-refractivity contribution in [1.82, 2.24) is 10.2 Å². The molecule has 1 saturated heterocycles. The number of hydrogen-bond donors (Lipinski definition) is 1. The number of thiophene rings is 1. The maximum Gasteiger partial charge on any atom is 0.241 e. The molecule has 0 aromatic carbocycles. The SMILES string of the molecule is CCCC1NC(c2ccc(C)s2)N(C(C)C2CCC2)C1=O. The van der Waals surface area contributed by atoms with Crippen molar-refractivity contribution in [3.63, 3.8) is 0 Å². The predicted octanol–water partition coefficient (Wildman–Crippen LogP) is 3.84. The second-order valence-corrected chi connectivity index (χ2v) is 7.86. The lowest BCUT2D eigenvalue weighted by Crippen LogP contribution is -2.44. The molecule has 1 N–H and O–H groups in total. The van der Waals surface area contributed by atoms with Gasteiger partial charge in [-0.2, -0.15) is 0 Å². The van der Waals surface area contributed by atoms with Gasteiger partial charge in [-0.25, -0.2) is 0 Å². The van der Waals surface area contributed by atoms with Gasteiger partial charge in [-0.15, -0.1) is 11.3 Å². The highest BCUT2D eigenvalue weighted by Gasteiger charge is 2.44. The van der Waals surface area contributed by atoms with E-state index in [2.05, 4.69) is 43.1 Å². The van der Waals surface area contributed by atoms with Crippen LogP contribution in [0.5, 0.6) is 0 Å². The monoisotopic (exact) mass is 306 g/mol. The highest BCUT2D eigenvalue weighted by molar-refractivity contribution is 7.12. The lowest BCUT2D eigenvalue weighted by atomic mass is 9.79. The summed E-state index contributed by atoms with van der Waals surface area (Å²) in [5, 5.41) is 3.59. The summed E-state index contributed by atoms with van der Waals surface area (Å²) in [6.07, 6.45) is 5.95. The van der Waals surface area contributed by atoms with Crippen molar-refractivity contribution in [3.8, 4) is 0 Å². The third kappa shape index (κ3) is 2.76. The van der Waals surface area contributed by atoms with Gasteiger partial charge in [0.15, 0.2) is 0 Å². The van der Waals surface area contributed by atoms with Gasteiger partial charge in [0.25, 0.3) is 0 Å². The fourth-order valence-electron chi connectivity index (χ4n) is 3.55. The first kappa shape index (κ1) is 15.0. The number of nitrogens with zero attached hydrogens (tertiary/aromatic N) is 1. The molecule has 1 amide bonds. The van der Waals surface area contributed by atoms with Crippen LogP contribution in [0.3, 0.4) is 0 Å². The maximum absolute atomic E-state index is 12.8. The molecule has 116 valence electrons. The highest BCUT2D eigenvalue weighted by Crippen LogP contribution is 2.39. The number of hydrogen-bond acceptors (Lipinski definition) is 3. The molecular formula is C17H26N2OS. The van der Waals surface area contributed by atoms with Crippen molar-refractivity contribution >= 4 is 17.2 Å². The van der Waals surface area contributed by atoms with Gasteiger partial charge in [0.2, 0.25) is 5.91 Å². The number of amides is 1. The normalized spacial score (nSPS) is 28.0. The molecule has 3 nitrogen and oxygen atoms in total. The van der Waals surface area contributed by atoms with Crippen LogP contribution in [-0.2, 0) is 4.79 Å². The van der Waals surface area contributed by atoms with E-state index in [1.54, 1.807) is 0 Å². The molecule has 21 heavy (non-hydrogen) atoms. The third-order valence-electron chi connectivity index (χ3n) is 5.07. The number of aryl methyl sites for hydroxylation is 1. The molecule has 3 atom stereocenters. The molecule has 1 aromatic rings. The Kier molecular flexibility index (Phi) is 4.36. The summed E-state index contributed by atoms with van der Waals surface area (Å²) in [7, 11) is 0. The molecule has 1 aromatic heterocycles. The Labute approximate surface area is 131 Å². The van der Waals surface area contributed by atoms with Crippen molar-refractivity contribution in [2.24, 2.45) is 5.92 Å². The minimum absolute atomic E-state index is 0.00457. The molecule has 0 bridgehead atoms. The zero-order chi connectivity index (χ0) is 15.0. The number of nitrogens with one attached hydrogen (secondary N) is 1. The second-order valence-electron chi connectivity index (χ2n) is 6.54. The van der Waals surface area contributed by atoms with Gasteiger partial charge in [-0.3, -0.25) is 10.1 Å². The average Bonchev–Trinajstić information content (AvgIpc) is 2.93. The van der Waals surface area contributed by atoms with Gasteiger partial charge in [-0.05, 0) is 51.2 Å². The van der Waals surface area contributed by atoms with Crippen LogP contribution in [0.25, 0.3) is 0 Å². The van der Waals surface area contributed by atoms with E-state index in [1.165, 1.54) is 29.0 Å². The molecule has 3 rings (SSSR count). The summed E-state index contributed by atoms with van der Waals surface area (Å²) in [4.78, 5) is 17.6. The summed E-state index contributed by atoms with van der Waals surface area (Å²) >= 11 is 1.81. The standard InChI is InChI=1S/C17H26N2OS/c1-4-6-14-17(20)19(12(3)13-7-5-8-13)16(18-14)15-10-9-11(2)21-15/h9-10,12-14,16,18H,4-8H2,1-3H3. The van der Waals surface area contributed by atoms with Crippen molar-refractivity contribution < 1.29 is 4.79 Å². The second kappa shape index (κ2) is 6.09. The number of carbonyl (C=O) groups is 1. The predicted molar refractivity (Wildman–Crippen MR) is 87.3 cm³/mol. The zero-order valence-corrected chi connectivity index (χ0v) is 14.1. The first-order valence-electron chi connectivity index (χ1n) is 8.26. The van der Waals surface area contributed by atoms with E-state index in [-0.39, 0.29) is 12.2 Å². The van der Waals surface area contributed by atoms with Gasteiger partial charge in [0.05, 0.1) is 6.04 Å². The van der Waals surface area contributed by atoms with Gasteiger partial charge in [-0.1, -0.05) is 19.8 Å². The van der Waals surface area contributed by atoms with E-state index in [9.17, 15) is 4.79 Å². The van der Waals surface area contributed by atoms with Crippen molar-refractivity contribution in [1.29, 1.82) is 0 Å². The molecule has 1 aliphatic heterocycles. The van der Waals surface area contributed by atoms with E-state index >= 15 is 0 Å². The van der Waals surface area contributed by atoms with Crippen LogP contribution in [-0.4, -0.2) is 22.9 Å². The van der Waals surface area contributed by atoms with Crippen molar-refractivity contribution in [2.75, 3.05) is 0 Å². The summed E-state index contributed by atoms with van der Waals surface area (Å²) in [5.41, 5.74) is 0. The summed E-state index contributed by atoms with van der Waals surface area (Å²) < 4.78 is 0. The lowest BCUT2D eigenvalue weighted by molar-refractivity contribution is -0.134. The molecule has 1 saturated carbocycles. The maximum atomic E-state index is 12.8. The first-order chi connectivity index (χ1) is 10.1. The quantitative estimate of drug-likeness (QED) is 0.896. The van der Waals surface area contributed by atoms with Gasteiger partial charge in [0.1, 0.15) is 6.17 Å². The molecule has 2 heterocycles. The van der Waals surface area contributed by atoms with Crippen molar-refractivity contribution in [2.45, 2.75) is 71.1 Å². The summed E-state index contributed by atoms with van der Waals surface area (Å²) in [6, 6.07) is 4.70. The Hall–Kier alpha value is -0.870. The molecule has 3 unspecified atom stereocenters. The molecule has 0 spiro atoms. The van der Waals surface area contributed by atoms with Gasteiger partial charge in [0, 0.05) is 15.8 Å². The topological polar surface area (TPSA) is 32.3 Å². The van der Waals surface area contributed by atoms with Crippen molar-refractivity contribution in [3.05, 3.63) is 21.9 Å². The smallest absolute Gasteiger partial charge is 0.241 e. The fraction of sp³-hybridized carbons (Fsp3) is 0.706. The van der Waals surface area contributed by atoms with Gasteiger partial charge < -0.3 is 4.90 Å². The van der Waals surface area contributed by atoms with E-state index in [4.69, 9.17) is 0 Å². The Morgan fingerprint density at radius 1 is 1.43 bits per heavy atom. The Morgan fingerprint density at radius 2 is 2.19 bits per heavy atom. The third-order valence-corrected chi connectivity index (χ3v) is 6.12. The fourth-order valence-corrected chi connectivity index (χ4v) is 4.49. The molecule has 2 fully saturated rings. The Bertz CT molecular complexity index is 509. The molecule has 0 radical (unpaired) electrons. The van der Waals surface area contributed by atoms with Gasteiger partial charge >= 0.3 is 0 Å². The van der Waals surface area contributed by atoms with Crippen LogP contribution < -0.4 is 5.32 Å². The minimum atomic E-state index is 0.00457. The van der Waals surface area contributed by atoms with E-state index in [1.807, 2.05) is 11.3 Å². The van der Waals surface area contributed by atoms with Crippen LogP contribution in [0.15, 0.2) is 12.1 Å². The minimum Gasteiger partial charge on any atom is -0.318 e. The highest BCUT2D eigenvalue weighted by atomic mass is 32.1. The number of carbonyl (C=O) groups excluding carboxylic acids is 1. The average molecular weight is 306 g/mol. The van der Waals surface area contributed by atoms with E-state index < -0.39 is 0 Å². The Morgan fingerprint density at radius 3 is 2.71 bits per heavy atom. The Balaban J connectivity index is 1.85. The van der Waals surface area contributed by atoms with E-state index in [0.29, 0.717) is 17.9 Å². The summed E-state index contributed by atoms with van der Waals surface area (Å²) in [5.74, 6) is 1.01. The molecule has 2 aliphatic rings. The van der Waals surface area contributed by atoms with Crippen LogP contribution in [0.4, 0.5) is 0 Å². The lowest BCUT2D eigenvalue weighted by Gasteiger charge is -2.39. The van der Waals surface area contributed by atoms with Crippen LogP contribution in [0, 0.1) is 12.8 Å². The summed E-state index contributed by atoms with van der Waals surface area (Å²) in [6.45, 7) is 6.52. The largest absolute Gasteiger partial charge is 0.318 e. The van der Waals surface area contributed by atoms with E-state index in [0.717, 1.165) is 12.8 Å². The number of rotatable bonds is 5. The molecule has 1 aliphatic carbocycles. The molecular weight excluding hydrogens is 280 g/mol. The van der Waals surface area contributed by atoms with Crippen LogP contribution in [0.2, 0.25) is 0 Å². The molecule has 4 heteroatoms.